The summed E-state index contributed by atoms with van der Waals surface area (Å²) in [6.45, 7) is 2.41. The van der Waals surface area contributed by atoms with E-state index in [4.69, 9.17) is 21.1 Å². The van der Waals surface area contributed by atoms with Crippen LogP contribution in [0.25, 0.3) is 11.0 Å². The zero-order chi connectivity index (χ0) is 18.0. The number of aliphatic hydroxyl groups excluding tert-OH is 1. The molecule has 1 aromatic heterocycles. The van der Waals surface area contributed by atoms with Gasteiger partial charge in [0, 0.05) is 11.6 Å². The van der Waals surface area contributed by atoms with Gasteiger partial charge in [0.05, 0.1) is 25.3 Å². The highest BCUT2D eigenvalue weighted by molar-refractivity contribution is 6.31. The first kappa shape index (κ1) is 17.6. The number of fused-ring (bicyclic) bond motifs is 1. The SMILES string of the molecule is COc1ccc(CCn2c(C(C)O)nc3cc(Cl)ccc32)cc1OC. The van der Waals surface area contributed by atoms with Crippen molar-refractivity contribution in [3.05, 3.63) is 52.8 Å². The molecule has 3 rings (SSSR count). The van der Waals surface area contributed by atoms with Crippen molar-refractivity contribution in [2.45, 2.75) is 26.0 Å². The summed E-state index contributed by atoms with van der Waals surface area (Å²) in [5.41, 5.74) is 2.86. The van der Waals surface area contributed by atoms with E-state index < -0.39 is 6.10 Å². The fourth-order valence-corrected chi connectivity index (χ4v) is 3.12. The molecule has 132 valence electrons. The molecule has 0 fully saturated rings. The Hall–Kier alpha value is -2.24. The summed E-state index contributed by atoms with van der Waals surface area (Å²) in [6, 6.07) is 11.5. The number of rotatable bonds is 6. The van der Waals surface area contributed by atoms with Gasteiger partial charge < -0.3 is 19.1 Å². The molecule has 0 bridgehead atoms. The molecule has 0 amide bonds. The van der Waals surface area contributed by atoms with Gasteiger partial charge in [-0.2, -0.15) is 0 Å². The molecule has 6 heteroatoms. The number of halogens is 1. The molecule has 25 heavy (non-hydrogen) atoms. The van der Waals surface area contributed by atoms with Crippen LogP contribution in [0, 0.1) is 0 Å². The third kappa shape index (κ3) is 3.57. The van der Waals surface area contributed by atoms with E-state index in [9.17, 15) is 5.11 Å². The highest BCUT2D eigenvalue weighted by Crippen LogP contribution is 2.29. The van der Waals surface area contributed by atoms with Crippen molar-refractivity contribution in [2.75, 3.05) is 14.2 Å². The van der Waals surface area contributed by atoms with Crippen LogP contribution in [0.4, 0.5) is 0 Å². The van der Waals surface area contributed by atoms with Crippen LogP contribution < -0.4 is 9.47 Å². The number of benzene rings is 2. The van der Waals surface area contributed by atoms with Crippen molar-refractivity contribution >= 4 is 22.6 Å². The van der Waals surface area contributed by atoms with Gasteiger partial charge in [0.1, 0.15) is 11.9 Å². The second kappa shape index (κ2) is 7.33. The molecule has 1 N–H and O–H groups in total. The van der Waals surface area contributed by atoms with Crippen molar-refractivity contribution in [3.63, 3.8) is 0 Å². The van der Waals surface area contributed by atoms with E-state index >= 15 is 0 Å². The molecular formula is C19H21ClN2O3. The van der Waals surface area contributed by atoms with E-state index in [1.807, 2.05) is 41.0 Å². The van der Waals surface area contributed by atoms with Crippen LogP contribution >= 0.6 is 11.6 Å². The lowest BCUT2D eigenvalue weighted by Gasteiger charge is -2.13. The molecule has 0 saturated heterocycles. The normalized spacial score (nSPS) is 12.4. The molecule has 0 aliphatic carbocycles. The van der Waals surface area contributed by atoms with Gasteiger partial charge in [0.15, 0.2) is 11.5 Å². The highest BCUT2D eigenvalue weighted by atomic mass is 35.5. The van der Waals surface area contributed by atoms with Gasteiger partial charge in [-0.3, -0.25) is 0 Å². The topological polar surface area (TPSA) is 56.5 Å². The molecule has 0 aliphatic heterocycles. The largest absolute Gasteiger partial charge is 0.493 e. The molecular weight excluding hydrogens is 340 g/mol. The minimum Gasteiger partial charge on any atom is -0.493 e. The Morgan fingerprint density at radius 2 is 1.88 bits per heavy atom. The number of aryl methyl sites for hydroxylation is 2. The van der Waals surface area contributed by atoms with Gasteiger partial charge in [-0.1, -0.05) is 17.7 Å². The molecule has 1 atom stereocenters. The summed E-state index contributed by atoms with van der Waals surface area (Å²) in [5, 5.41) is 10.7. The van der Waals surface area contributed by atoms with Crippen LogP contribution in [0.5, 0.6) is 11.5 Å². The van der Waals surface area contributed by atoms with Crippen LogP contribution in [0.3, 0.4) is 0 Å². The van der Waals surface area contributed by atoms with Crippen LogP contribution in [0.1, 0.15) is 24.4 Å². The van der Waals surface area contributed by atoms with Crippen LogP contribution in [0.2, 0.25) is 5.02 Å². The van der Waals surface area contributed by atoms with E-state index in [2.05, 4.69) is 4.98 Å². The van der Waals surface area contributed by atoms with Gasteiger partial charge in [-0.25, -0.2) is 4.98 Å². The van der Waals surface area contributed by atoms with Gasteiger partial charge >= 0.3 is 0 Å². The molecule has 1 heterocycles. The number of hydrogen-bond donors (Lipinski definition) is 1. The molecule has 0 radical (unpaired) electrons. The maximum Gasteiger partial charge on any atom is 0.160 e. The van der Waals surface area contributed by atoms with E-state index in [1.54, 1.807) is 21.1 Å². The number of ether oxygens (including phenoxy) is 2. The standard InChI is InChI=1S/C19H21ClN2O3/c1-12(23)19-21-15-11-14(20)5-6-16(15)22(19)9-8-13-4-7-17(24-2)18(10-13)25-3/h4-7,10-12,23H,8-9H2,1-3H3. The van der Waals surface area contributed by atoms with E-state index in [-0.39, 0.29) is 0 Å². The minimum absolute atomic E-state index is 0.634. The summed E-state index contributed by atoms with van der Waals surface area (Å²) >= 11 is 6.06. The molecule has 5 nitrogen and oxygen atoms in total. The Morgan fingerprint density at radius 1 is 1.12 bits per heavy atom. The lowest BCUT2D eigenvalue weighted by Crippen LogP contribution is -2.09. The maximum atomic E-state index is 10.1. The summed E-state index contributed by atoms with van der Waals surface area (Å²) in [7, 11) is 3.25. The zero-order valence-corrected chi connectivity index (χ0v) is 15.2. The number of aliphatic hydroxyl groups is 1. The molecule has 1 unspecified atom stereocenters. The predicted molar refractivity (Wildman–Crippen MR) is 98.6 cm³/mol. The number of imidazole rings is 1. The fraction of sp³-hybridized carbons (Fsp3) is 0.316. The fourth-order valence-electron chi connectivity index (χ4n) is 2.95. The van der Waals surface area contributed by atoms with Crippen molar-refractivity contribution in [1.29, 1.82) is 0 Å². The van der Waals surface area contributed by atoms with Crippen molar-refractivity contribution < 1.29 is 14.6 Å². The summed E-state index contributed by atoms with van der Waals surface area (Å²) < 4.78 is 12.7. The predicted octanol–water partition coefficient (Wildman–Crippen LogP) is 4.00. The number of methoxy groups -OCH3 is 2. The minimum atomic E-state index is -0.656. The number of nitrogens with zero attached hydrogens (tertiary/aromatic N) is 2. The number of aromatic nitrogens is 2. The first-order chi connectivity index (χ1) is 12.0. The van der Waals surface area contributed by atoms with Crippen molar-refractivity contribution in [2.24, 2.45) is 0 Å². The second-order valence-electron chi connectivity index (χ2n) is 5.87. The quantitative estimate of drug-likeness (QED) is 0.721. The summed E-state index contributed by atoms with van der Waals surface area (Å²) in [5.74, 6) is 2.05. The second-order valence-corrected chi connectivity index (χ2v) is 6.31. The highest BCUT2D eigenvalue weighted by Gasteiger charge is 2.15. The Bertz CT molecular complexity index is 890. The smallest absolute Gasteiger partial charge is 0.160 e. The molecule has 0 aliphatic rings. The van der Waals surface area contributed by atoms with Crippen molar-refractivity contribution in [3.8, 4) is 11.5 Å². The monoisotopic (exact) mass is 360 g/mol. The average molecular weight is 361 g/mol. The lowest BCUT2D eigenvalue weighted by atomic mass is 10.1. The van der Waals surface area contributed by atoms with Gasteiger partial charge in [0.25, 0.3) is 0 Å². The van der Waals surface area contributed by atoms with Gasteiger partial charge in [-0.05, 0) is 49.2 Å². The van der Waals surface area contributed by atoms with Crippen LogP contribution in [-0.2, 0) is 13.0 Å². The van der Waals surface area contributed by atoms with E-state index in [0.29, 0.717) is 28.9 Å². The van der Waals surface area contributed by atoms with Crippen LogP contribution in [0.15, 0.2) is 36.4 Å². The molecule has 0 spiro atoms. The Balaban J connectivity index is 1.91. The summed E-state index contributed by atoms with van der Waals surface area (Å²) in [6.07, 6.45) is 0.116. The third-order valence-corrected chi connectivity index (χ3v) is 4.42. The van der Waals surface area contributed by atoms with Gasteiger partial charge in [0.2, 0.25) is 0 Å². The third-order valence-electron chi connectivity index (χ3n) is 4.19. The Kier molecular flexibility index (Phi) is 5.16. The average Bonchev–Trinajstić information content (AvgIpc) is 2.97. The van der Waals surface area contributed by atoms with E-state index in [0.717, 1.165) is 23.0 Å². The first-order valence-corrected chi connectivity index (χ1v) is 8.46. The Labute approximate surface area is 151 Å². The van der Waals surface area contributed by atoms with Crippen LogP contribution in [-0.4, -0.2) is 28.9 Å². The number of hydrogen-bond acceptors (Lipinski definition) is 4. The first-order valence-electron chi connectivity index (χ1n) is 8.08. The zero-order valence-electron chi connectivity index (χ0n) is 14.5. The van der Waals surface area contributed by atoms with Gasteiger partial charge in [-0.15, -0.1) is 0 Å². The van der Waals surface area contributed by atoms with E-state index in [1.165, 1.54) is 0 Å². The summed E-state index contributed by atoms with van der Waals surface area (Å²) in [4.78, 5) is 4.53. The lowest BCUT2D eigenvalue weighted by molar-refractivity contribution is 0.184. The molecule has 3 aromatic rings. The van der Waals surface area contributed by atoms with Crippen molar-refractivity contribution in [1.82, 2.24) is 9.55 Å². The molecule has 0 saturated carbocycles. The maximum absolute atomic E-state index is 10.1. The Morgan fingerprint density at radius 3 is 2.56 bits per heavy atom. The molecule has 2 aromatic carbocycles.